The van der Waals surface area contributed by atoms with E-state index in [4.69, 9.17) is 0 Å². The van der Waals surface area contributed by atoms with Crippen molar-refractivity contribution in [3.63, 3.8) is 0 Å². The standard InChI is InChI=1S/C18H25N5/c1-21(2)17-14-18(20-15-19-17)23-12-10-22(11-13-23)9-8-16-6-4-3-5-7-16/h3-7,14-15H,8-13H2,1-2H3. The monoisotopic (exact) mass is 311 g/mol. The Hall–Kier alpha value is -2.14. The highest BCUT2D eigenvalue weighted by molar-refractivity contribution is 5.49. The summed E-state index contributed by atoms with van der Waals surface area (Å²) in [7, 11) is 4.02. The summed E-state index contributed by atoms with van der Waals surface area (Å²) in [6.07, 6.45) is 2.78. The number of anilines is 2. The average Bonchev–Trinajstić information content (AvgIpc) is 2.61. The highest BCUT2D eigenvalue weighted by Crippen LogP contribution is 2.17. The topological polar surface area (TPSA) is 35.5 Å². The van der Waals surface area contributed by atoms with Crippen LogP contribution in [0.1, 0.15) is 5.56 Å². The summed E-state index contributed by atoms with van der Waals surface area (Å²) in [6.45, 7) is 5.37. The van der Waals surface area contributed by atoms with E-state index in [9.17, 15) is 0 Å². The smallest absolute Gasteiger partial charge is 0.134 e. The summed E-state index contributed by atoms with van der Waals surface area (Å²) in [4.78, 5) is 15.6. The normalized spacial score (nSPS) is 15.7. The van der Waals surface area contributed by atoms with Crippen LogP contribution in [0.4, 0.5) is 11.6 Å². The van der Waals surface area contributed by atoms with Gasteiger partial charge in [0.2, 0.25) is 0 Å². The van der Waals surface area contributed by atoms with Crippen molar-refractivity contribution in [1.29, 1.82) is 0 Å². The quantitative estimate of drug-likeness (QED) is 0.843. The number of aromatic nitrogens is 2. The van der Waals surface area contributed by atoms with Crippen molar-refractivity contribution in [2.45, 2.75) is 6.42 Å². The molecule has 3 rings (SSSR count). The van der Waals surface area contributed by atoms with Gasteiger partial charge in [0.05, 0.1) is 0 Å². The van der Waals surface area contributed by atoms with Crippen LogP contribution in [0, 0.1) is 0 Å². The van der Waals surface area contributed by atoms with Gasteiger partial charge in [-0.3, -0.25) is 4.90 Å². The fourth-order valence-corrected chi connectivity index (χ4v) is 2.89. The lowest BCUT2D eigenvalue weighted by Crippen LogP contribution is -2.47. The van der Waals surface area contributed by atoms with E-state index in [1.54, 1.807) is 6.33 Å². The second-order valence-corrected chi connectivity index (χ2v) is 6.19. The van der Waals surface area contributed by atoms with Crippen molar-refractivity contribution >= 4 is 11.6 Å². The predicted molar refractivity (Wildman–Crippen MR) is 95.2 cm³/mol. The first-order chi connectivity index (χ1) is 11.2. The number of hydrogen-bond acceptors (Lipinski definition) is 5. The molecule has 0 amide bonds. The first kappa shape index (κ1) is 15.7. The zero-order chi connectivity index (χ0) is 16.1. The first-order valence-corrected chi connectivity index (χ1v) is 8.23. The number of piperazine rings is 1. The Morgan fingerprint density at radius 2 is 1.74 bits per heavy atom. The van der Waals surface area contributed by atoms with Crippen molar-refractivity contribution in [2.75, 3.05) is 56.6 Å². The lowest BCUT2D eigenvalue weighted by molar-refractivity contribution is 0.260. The highest BCUT2D eigenvalue weighted by atomic mass is 15.3. The molecular weight excluding hydrogens is 286 g/mol. The molecular formula is C18H25N5. The molecule has 1 aliphatic rings. The van der Waals surface area contributed by atoms with E-state index >= 15 is 0 Å². The molecule has 23 heavy (non-hydrogen) atoms. The maximum atomic E-state index is 4.43. The van der Waals surface area contributed by atoms with Gasteiger partial charge < -0.3 is 9.80 Å². The van der Waals surface area contributed by atoms with Crippen LogP contribution in [-0.2, 0) is 6.42 Å². The predicted octanol–water partition coefficient (Wildman–Crippen LogP) is 1.91. The molecule has 0 saturated carbocycles. The minimum atomic E-state index is 0.960. The van der Waals surface area contributed by atoms with Crippen LogP contribution in [-0.4, -0.2) is 61.7 Å². The molecule has 122 valence electrons. The molecule has 2 heterocycles. The molecule has 0 radical (unpaired) electrons. The molecule has 0 spiro atoms. The maximum absolute atomic E-state index is 4.43. The summed E-state index contributed by atoms with van der Waals surface area (Å²) in [6, 6.07) is 12.8. The van der Waals surface area contributed by atoms with E-state index in [-0.39, 0.29) is 0 Å². The Bertz CT molecular complexity index is 606. The zero-order valence-corrected chi connectivity index (χ0v) is 14.0. The molecule has 2 aromatic rings. The fraction of sp³-hybridized carbons (Fsp3) is 0.444. The van der Waals surface area contributed by atoms with Gasteiger partial charge in [0.1, 0.15) is 18.0 Å². The highest BCUT2D eigenvalue weighted by Gasteiger charge is 2.18. The van der Waals surface area contributed by atoms with E-state index in [1.807, 2.05) is 19.0 Å². The van der Waals surface area contributed by atoms with Gasteiger partial charge >= 0.3 is 0 Å². The summed E-state index contributed by atoms with van der Waals surface area (Å²) < 4.78 is 0. The first-order valence-electron chi connectivity index (χ1n) is 8.23. The molecule has 0 aliphatic carbocycles. The number of rotatable bonds is 5. The van der Waals surface area contributed by atoms with Crippen LogP contribution in [0.3, 0.4) is 0 Å². The van der Waals surface area contributed by atoms with Gasteiger partial charge in [-0.2, -0.15) is 0 Å². The SMILES string of the molecule is CN(C)c1cc(N2CCN(CCc3ccccc3)CC2)ncn1. The lowest BCUT2D eigenvalue weighted by atomic mass is 10.1. The molecule has 1 aromatic carbocycles. The molecule has 5 heteroatoms. The minimum absolute atomic E-state index is 0.960. The summed E-state index contributed by atoms with van der Waals surface area (Å²) >= 11 is 0. The Labute approximate surface area is 138 Å². The molecule has 0 bridgehead atoms. The van der Waals surface area contributed by atoms with Gasteiger partial charge in [0.25, 0.3) is 0 Å². The van der Waals surface area contributed by atoms with Crippen molar-refractivity contribution < 1.29 is 0 Å². The average molecular weight is 311 g/mol. The zero-order valence-electron chi connectivity index (χ0n) is 14.0. The Balaban J connectivity index is 1.51. The molecule has 1 saturated heterocycles. The molecule has 5 nitrogen and oxygen atoms in total. The van der Waals surface area contributed by atoms with Crippen molar-refractivity contribution in [2.24, 2.45) is 0 Å². The van der Waals surface area contributed by atoms with Crippen LogP contribution < -0.4 is 9.80 Å². The fourth-order valence-electron chi connectivity index (χ4n) is 2.89. The number of hydrogen-bond donors (Lipinski definition) is 0. The second kappa shape index (κ2) is 7.42. The molecule has 1 aliphatic heterocycles. The second-order valence-electron chi connectivity index (χ2n) is 6.19. The third-order valence-corrected chi connectivity index (χ3v) is 4.35. The van der Waals surface area contributed by atoms with E-state index in [0.29, 0.717) is 0 Å². The van der Waals surface area contributed by atoms with Crippen LogP contribution in [0.5, 0.6) is 0 Å². The van der Waals surface area contributed by atoms with E-state index in [0.717, 1.165) is 50.8 Å². The summed E-state index contributed by atoms with van der Waals surface area (Å²) in [5.41, 5.74) is 1.42. The molecule has 1 fully saturated rings. The lowest BCUT2D eigenvalue weighted by Gasteiger charge is -2.35. The van der Waals surface area contributed by atoms with Crippen molar-refractivity contribution in [3.8, 4) is 0 Å². The van der Waals surface area contributed by atoms with Gasteiger partial charge in [-0.1, -0.05) is 30.3 Å². The molecule has 0 N–H and O–H groups in total. The molecule has 0 atom stereocenters. The Morgan fingerprint density at radius 3 is 2.43 bits per heavy atom. The van der Waals surface area contributed by atoms with Crippen LogP contribution in [0.15, 0.2) is 42.7 Å². The number of nitrogens with zero attached hydrogens (tertiary/aromatic N) is 5. The number of benzene rings is 1. The van der Waals surface area contributed by atoms with Crippen LogP contribution in [0.2, 0.25) is 0 Å². The van der Waals surface area contributed by atoms with Crippen molar-refractivity contribution in [3.05, 3.63) is 48.3 Å². The van der Waals surface area contributed by atoms with Gasteiger partial charge in [0.15, 0.2) is 0 Å². The minimum Gasteiger partial charge on any atom is -0.363 e. The third-order valence-electron chi connectivity index (χ3n) is 4.35. The van der Waals surface area contributed by atoms with E-state index in [1.165, 1.54) is 5.56 Å². The largest absolute Gasteiger partial charge is 0.363 e. The Kier molecular flexibility index (Phi) is 5.08. The van der Waals surface area contributed by atoms with Crippen LogP contribution >= 0.6 is 0 Å². The Morgan fingerprint density at radius 1 is 1.00 bits per heavy atom. The molecule has 0 unspecified atom stereocenters. The van der Waals surface area contributed by atoms with Gasteiger partial charge in [-0.15, -0.1) is 0 Å². The van der Waals surface area contributed by atoms with E-state index in [2.05, 4.69) is 56.2 Å². The van der Waals surface area contributed by atoms with E-state index < -0.39 is 0 Å². The third kappa shape index (κ3) is 4.20. The van der Waals surface area contributed by atoms with Gasteiger partial charge in [-0.25, -0.2) is 9.97 Å². The van der Waals surface area contributed by atoms with Crippen molar-refractivity contribution in [1.82, 2.24) is 14.9 Å². The maximum Gasteiger partial charge on any atom is 0.134 e. The molecule has 1 aromatic heterocycles. The van der Waals surface area contributed by atoms with Crippen LogP contribution in [0.25, 0.3) is 0 Å². The van der Waals surface area contributed by atoms with Gasteiger partial charge in [0, 0.05) is 52.9 Å². The summed E-state index contributed by atoms with van der Waals surface area (Å²) in [5, 5.41) is 0. The van der Waals surface area contributed by atoms with Gasteiger partial charge in [-0.05, 0) is 12.0 Å². The summed E-state index contributed by atoms with van der Waals surface area (Å²) in [5.74, 6) is 1.99.